The monoisotopic (exact) mass is 359 g/mol. The Labute approximate surface area is 142 Å². The zero-order valence-electron chi connectivity index (χ0n) is 11.7. The molecule has 0 heterocycles. The maximum atomic E-state index is 12.4. The van der Waals surface area contributed by atoms with E-state index in [9.17, 15) is 4.79 Å². The first-order valence-electron chi connectivity index (χ1n) is 6.14. The summed E-state index contributed by atoms with van der Waals surface area (Å²) in [5, 5.41) is 3.57. The number of anilines is 1. The van der Waals surface area contributed by atoms with E-state index in [2.05, 4.69) is 5.32 Å². The van der Waals surface area contributed by atoms with Crippen molar-refractivity contribution in [3.05, 3.63) is 51.0 Å². The van der Waals surface area contributed by atoms with Crippen molar-refractivity contribution in [1.29, 1.82) is 0 Å². The van der Waals surface area contributed by atoms with Crippen molar-refractivity contribution in [3.8, 4) is 11.5 Å². The van der Waals surface area contributed by atoms with Gasteiger partial charge in [0.15, 0.2) is 0 Å². The number of benzene rings is 2. The standard InChI is InChI=1S/C15H12Cl3NO3/c1-21-12-7-11(13(22-2)6-10(12)18)19-15(20)14-8(16)4-3-5-9(14)17/h3-7H,1-2H3,(H,19,20). The van der Waals surface area contributed by atoms with Crippen LogP contribution in [0.25, 0.3) is 0 Å². The highest BCUT2D eigenvalue weighted by atomic mass is 35.5. The van der Waals surface area contributed by atoms with Gasteiger partial charge in [-0.3, -0.25) is 4.79 Å². The van der Waals surface area contributed by atoms with Crippen LogP contribution in [0.3, 0.4) is 0 Å². The first kappa shape index (κ1) is 16.7. The molecule has 2 aromatic carbocycles. The summed E-state index contributed by atoms with van der Waals surface area (Å²) in [5.74, 6) is 0.337. The molecule has 1 N–H and O–H groups in total. The van der Waals surface area contributed by atoms with Crippen molar-refractivity contribution < 1.29 is 14.3 Å². The maximum Gasteiger partial charge on any atom is 0.258 e. The van der Waals surface area contributed by atoms with Crippen LogP contribution in [0.2, 0.25) is 15.1 Å². The van der Waals surface area contributed by atoms with Crippen molar-refractivity contribution in [2.24, 2.45) is 0 Å². The predicted molar refractivity (Wildman–Crippen MR) is 89.0 cm³/mol. The average Bonchev–Trinajstić information content (AvgIpc) is 2.48. The summed E-state index contributed by atoms with van der Waals surface area (Å²) >= 11 is 18.1. The average molecular weight is 361 g/mol. The van der Waals surface area contributed by atoms with Gasteiger partial charge in [0.25, 0.3) is 5.91 Å². The molecule has 22 heavy (non-hydrogen) atoms. The molecule has 0 aliphatic carbocycles. The Kier molecular flexibility index (Phi) is 5.40. The molecule has 0 atom stereocenters. The molecule has 2 rings (SSSR count). The van der Waals surface area contributed by atoms with Gasteiger partial charge in [-0.05, 0) is 12.1 Å². The first-order chi connectivity index (χ1) is 10.5. The van der Waals surface area contributed by atoms with E-state index >= 15 is 0 Å². The molecule has 2 aromatic rings. The van der Waals surface area contributed by atoms with Gasteiger partial charge in [-0.15, -0.1) is 0 Å². The van der Waals surface area contributed by atoms with Crippen LogP contribution in [0.1, 0.15) is 10.4 Å². The van der Waals surface area contributed by atoms with Gasteiger partial charge in [0.2, 0.25) is 0 Å². The molecule has 0 unspecified atom stereocenters. The van der Waals surface area contributed by atoms with Crippen molar-refractivity contribution in [2.75, 3.05) is 19.5 Å². The smallest absolute Gasteiger partial charge is 0.258 e. The molecule has 4 nitrogen and oxygen atoms in total. The third-order valence-corrected chi connectivity index (χ3v) is 3.84. The van der Waals surface area contributed by atoms with E-state index in [1.807, 2.05) is 0 Å². The minimum absolute atomic E-state index is 0.182. The molecule has 7 heteroatoms. The number of hydrogen-bond acceptors (Lipinski definition) is 3. The second kappa shape index (κ2) is 7.09. The Morgan fingerprint density at radius 2 is 1.55 bits per heavy atom. The summed E-state index contributed by atoms with van der Waals surface area (Å²) in [7, 11) is 2.94. The number of rotatable bonds is 4. The molecule has 0 saturated carbocycles. The number of halogens is 3. The van der Waals surface area contributed by atoms with Crippen LogP contribution in [0.15, 0.2) is 30.3 Å². The molecule has 0 radical (unpaired) electrons. The fourth-order valence-electron chi connectivity index (χ4n) is 1.86. The lowest BCUT2D eigenvalue weighted by molar-refractivity contribution is 0.102. The summed E-state index contributed by atoms with van der Waals surface area (Å²) in [6.07, 6.45) is 0. The lowest BCUT2D eigenvalue weighted by Gasteiger charge is -2.14. The van der Waals surface area contributed by atoms with E-state index in [-0.39, 0.29) is 15.6 Å². The zero-order valence-corrected chi connectivity index (χ0v) is 14.0. The van der Waals surface area contributed by atoms with E-state index in [0.29, 0.717) is 22.2 Å². The Bertz CT molecular complexity index is 699. The van der Waals surface area contributed by atoms with Crippen LogP contribution in [0.5, 0.6) is 11.5 Å². The molecule has 0 bridgehead atoms. The lowest BCUT2D eigenvalue weighted by Crippen LogP contribution is -2.14. The molecule has 0 aliphatic rings. The third kappa shape index (κ3) is 3.40. The first-order valence-corrected chi connectivity index (χ1v) is 7.28. The second-order valence-electron chi connectivity index (χ2n) is 4.24. The van der Waals surface area contributed by atoms with Crippen molar-refractivity contribution >= 4 is 46.4 Å². The van der Waals surface area contributed by atoms with Gasteiger partial charge in [-0.25, -0.2) is 0 Å². The van der Waals surface area contributed by atoms with Crippen LogP contribution >= 0.6 is 34.8 Å². The fourth-order valence-corrected chi connectivity index (χ4v) is 2.66. The molecular formula is C15H12Cl3NO3. The SMILES string of the molecule is COc1cc(NC(=O)c2c(Cl)cccc2Cl)c(OC)cc1Cl. The number of nitrogens with one attached hydrogen (secondary N) is 1. The highest BCUT2D eigenvalue weighted by Gasteiger charge is 2.18. The molecule has 0 aromatic heterocycles. The Balaban J connectivity index is 2.40. The van der Waals surface area contributed by atoms with Gasteiger partial charge in [0, 0.05) is 12.1 Å². The van der Waals surface area contributed by atoms with Crippen LogP contribution in [-0.2, 0) is 0 Å². The molecule has 0 spiro atoms. The number of carbonyl (C=O) groups is 1. The largest absolute Gasteiger partial charge is 0.495 e. The number of carbonyl (C=O) groups excluding carboxylic acids is 1. The summed E-state index contributed by atoms with van der Waals surface area (Å²) < 4.78 is 10.3. The van der Waals surface area contributed by atoms with Gasteiger partial charge < -0.3 is 14.8 Å². The van der Waals surface area contributed by atoms with Gasteiger partial charge in [-0.1, -0.05) is 40.9 Å². The van der Waals surface area contributed by atoms with Gasteiger partial charge in [-0.2, -0.15) is 0 Å². The molecule has 0 saturated heterocycles. The highest BCUT2D eigenvalue weighted by Crippen LogP contribution is 2.36. The minimum Gasteiger partial charge on any atom is -0.495 e. The molecule has 116 valence electrons. The van der Waals surface area contributed by atoms with E-state index in [1.165, 1.54) is 14.2 Å². The number of methoxy groups -OCH3 is 2. The molecular weight excluding hydrogens is 349 g/mol. The minimum atomic E-state index is -0.460. The van der Waals surface area contributed by atoms with Crippen LogP contribution < -0.4 is 14.8 Å². The summed E-state index contributed by atoms with van der Waals surface area (Å²) in [4.78, 5) is 12.4. The lowest BCUT2D eigenvalue weighted by atomic mass is 10.2. The van der Waals surface area contributed by atoms with Gasteiger partial charge in [0.1, 0.15) is 11.5 Å². The van der Waals surface area contributed by atoms with E-state index in [0.717, 1.165) is 0 Å². The quantitative estimate of drug-likeness (QED) is 0.842. The van der Waals surface area contributed by atoms with Gasteiger partial charge >= 0.3 is 0 Å². The summed E-state index contributed by atoms with van der Waals surface area (Å²) in [6, 6.07) is 7.94. The fraction of sp³-hybridized carbons (Fsp3) is 0.133. The normalized spacial score (nSPS) is 10.2. The van der Waals surface area contributed by atoms with Crippen molar-refractivity contribution in [3.63, 3.8) is 0 Å². The second-order valence-corrected chi connectivity index (χ2v) is 5.46. The Morgan fingerprint density at radius 1 is 0.955 bits per heavy atom. The Hall–Kier alpha value is -1.62. The Morgan fingerprint density at radius 3 is 2.09 bits per heavy atom. The van der Waals surface area contributed by atoms with Crippen LogP contribution in [-0.4, -0.2) is 20.1 Å². The highest BCUT2D eigenvalue weighted by molar-refractivity contribution is 6.40. The third-order valence-electron chi connectivity index (χ3n) is 2.91. The molecule has 1 amide bonds. The number of amides is 1. The number of hydrogen-bond donors (Lipinski definition) is 1. The topological polar surface area (TPSA) is 47.6 Å². The van der Waals surface area contributed by atoms with Crippen molar-refractivity contribution in [2.45, 2.75) is 0 Å². The summed E-state index contributed by atoms with van der Waals surface area (Å²) in [5.41, 5.74) is 0.575. The van der Waals surface area contributed by atoms with Crippen molar-refractivity contribution in [1.82, 2.24) is 0 Å². The van der Waals surface area contributed by atoms with E-state index < -0.39 is 5.91 Å². The number of ether oxygens (including phenoxy) is 2. The van der Waals surface area contributed by atoms with E-state index in [4.69, 9.17) is 44.3 Å². The summed E-state index contributed by atoms with van der Waals surface area (Å²) in [6.45, 7) is 0. The van der Waals surface area contributed by atoms with Crippen LogP contribution in [0, 0.1) is 0 Å². The van der Waals surface area contributed by atoms with Crippen LogP contribution in [0.4, 0.5) is 5.69 Å². The van der Waals surface area contributed by atoms with Gasteiger partial charge in [0.05, 0.1) is 40.5 Å². The van der Waals surface area contributed by atoms with E-state index in [1.54, 1.807) is 30.3 Å². The molecule has 0 aliphatic heterocycles. The maximum absolute atomic E-state index is 12.4. The predicted octanol–water partition coefficient (Wildman–Crippen LogP) is 4.92. The molecule has 0 fully saturated rings. The zero-order chi connectivity index (χ0) is 16.3.